The molecule has 1 unspecified atom stereocenters. The van der Waals surface area contributed by atoms with Crippen LogP contribution in [-0.2, 0) is 4.79 Å². The Balaban J connectivity index is 2.25. The van der Waals surface area contributed by atoms with Crippen LogP contribution in [0.1, 0.15) is 51.1 Å². The Hall–Kier alpha value is -1.55. The van der Waals surface area contributed by atoms with Gasteiger partial charge in [-0.1, -0.05) is 32.8 Å². The van der Waals surface area contributed by atoms with Crippen LogP contribution in [-0.4, -0.2) is 19.1 Å². The third-order valence-corrected chi connectivity index (χ3v) is 3.78. The van der Waals surface area contributed by atoms with Gasteiger partial charge in [-0.15, -0.1) is 0 Å². The van der Waals surface area contributed by atoms with Gasteiger partial charge >= 0.3 is 0 Å². The Morgan fingerprint density at radius 2 is 2.15 bits per heavy atom. The lowest BCUT2D eigenvalue weighted by atomic mass is 10.0. The number of nitrogens with two attached hydrogens (primary N) is 1. The molecule has 2 N–H and O–H groups in total. The number of fused-ring (bicyclic) bond motifs is 1. The number of unbranched alkanes of at least 4 members (excludes halogenated alkanes) is 2. The highest BCUT2D eigenvalue weighted by Gasteiger charge is 2.25. The van der Waals surface area contributed by atoms with Gasteiger partial charge in [0, 0.05) is 12.6 Å². The van der Waals surface area contributed by atoms with Gasteiger partial charge in [-0.3, -0.25) is 4.79 Å². The highest BCUT2D eigenvalue weighted by atomic mass is 16.5. The number of anilines is 1. The first kappa shape index (κ1) is 14.9. The second kappa shape index (κ2) is 6.75. The second-order valence-electron chi connectivity index (χ2n) is 5.28. The van der Waals surface area contributed by atoms with Gasteiger partial charge in [0.2, 0.25) is 0 Å². The van der Waals surface area contributed by atoms with Crippen molar-refractivity contribution in [3.8, 4) is 5.75 Å². The van der Waals surface area contributed by atoms with E-state index in [4.69, 9.17) is 10.5 Å². The molecule has 2 rings (SSSR count). The molecule has 1 aliphatic heterocycles. The number of hydrogen-bond donors (Lipinski definition) is 1. The van der Waals surface area contributed by atoms with Gasteiger partial charge in [-0.2, -0.15) is 0 Å². The SMILES string of the molecule is CCCCCN1C(=O)COc2ccc(C(N)CC)cc21. The molecule has 1 amide bonds. The van der Waals surface area contributed by atoms with E-state index in [2.05, 4.69) is 13.8 Å². The molecule has 4 heteroatoms. The average molecular weight is 276 g/mol. The van der Waals surface area contributed by atoms with Crippen molar-refractivity contribution in [2.45, 2.75) is 45.6 Å². The number of benzene rings is 1. The summed E-state index contributed by atoms with van der Waals surface area (Å²) >= 11 is 0. The van der Waals surface area contributed by atoms with Gasteiger partial charge in [0.05, 0.1) is 5.69 Å². The van der Waals surface area contributed by atoms with Gasteiger partial charge in [-0.25, -0.2) is 0 Å². The van der Waals surface area contributed by atoms with Gasteiger partial charge < -0.3 is 15.4 Å². The van der Waals surface area contributed by atoms with Crippen LogP contribution >= 0.6 is 0 Å². The molecule has 0 aromatic heterocycles. The minimum atomic E-state index is 0.00909. The van der Waals surface area contributed by atoms with E-state index in [1.54, 1.807) is 0 Å². The molecular formula is C16H24N2O2. The third-order valence-electron chi connectivity index (χ3n) is 3.78. The third kappa shape index (κ3) is 3.12. The molecule has 1 atom stereocenters. The van der Waals surface area contributed by atoms with E-state index >= 15 is 0 Å². The lowest BCUT2D eigenvalue weighted by molar-refractivity contribution is -0.121. The van der Waals surface area contributed by atoms with Gasteiger partial charge in [0.25, 0.3) is 5.91 Å². The van der Waals surface area contributed by atoms with Crippen LogP contribution in [0.4, 0.5) is 5.69 Å². The largest absolute Gasteiger partial charge is 0.482 e. The van der Waals surface area contributed by atoms with E-state index in [0.717, 1.165) is 49.2 Å². The van der Waals surface area contributed by atoms with Crippen LogP contribution in [0.25, 0.3) is 0 Å². The number of carbonyl (C=O) groups is 1. The van der Waals surface area contributed by atoms with Gasteiger partial charge in [-0.05, 0) is 30.5 Å². The van der Waals surface area contributed by atoms with Crippen molar-refractivity contribution in [3.05, 3.63) is 23.8 Å². The molecule has 110 valence electrons. The zero-order valence-corrected chi connectivity index (χ0v) is 12.4. The predicted molar refractivity (Wildman–Crippen MR) is 81.0 cm³/mol. The van der Waals surface area contributed by atoms with Crippen LogP contribution in [0.15, 0.2) is 18.2 Å². The van der Waals surface area contributed by atoms with E-state index in [9.17, 15) is 4.79 Å². The zero-order chi connectivity index (χ0) is 14.5. The average Bonchev–Trinajstić information content (AvgIpc) is 2.48. The molecule has 0 spiro atoms. The topological polar surface area (TPSA) is 55.6 Å². The fraction of sp³-hybridized carbons (Fsp3) is 0.562. The van der Waals surface area contributed by atoms with Crippen molar-refractivity contribution >= 4 is 11.6 Å². The lowest BCUT2D eigenvalue weighted by Crippen LogP contribution is -2.39. The molecule has 0 saturated heterocycles. The van der Waals surface area contributed by atoms with Crippen LogP contribution < -0.4 is 15.4 Å². The molecule has 0 bridgehead atoms. The summed E-state index contributed by atoms with van der Waals surface area (Å²) in [6.45, 7) is 5.12. The van der Waals surface area contributed by atoms with Crippen LogP contribution in [0, 0.1) is 0 Å². The smallest absolute Gasteiger partial charge is 0.265 e. The number of carbonyl (C=O) groups excluding carboxylic acids is 1. The lowest BCUT2D eigenvalue weighted by Gasteiger charge is -2.30. The molecule has 0 aliphatic carbocycles. The van der Waals surface area contributed by atoms with E-state index in [1.165, 1.54) is 0 Å². The monoisotopic (exact) mass is 276 g/mol. The summed E-state index contributed by atoms with van der Waals surface area (Å²) in [6, 6.07) is 5.94. The van der Waals surface area contributed by atoms with Crippen LogP contribution in [0.3, 0.4) is 0 Å². The summed E-state index contributed by atoms with van der Waals surface area (Å²) in [5, 5.41) is 0. The summed E-state index contributed by atoms with van der Waals surface area (Å²) < 4.78 is 5.51. The fourth-order valence-corrected chi connectivity index (χ4v) is 2.45. The Labute approximate surface area is 120 Å². The first-order valence-electron chi connectivity index (χ1n) is 7.50. The normalized spacial score (nSPS) is 15.8. The zero-order valence-electron chi connectivity index (χ0n) is 12.4. The van der Waals surface area contributed by atoms with E-state index in [0.29, 0.717) is 0 Å². The van der Waals surface area contributed by atoms with E-state index < -0.39 is 0 Å². The molecule has 4 nitrogen and oxygen atoms in total. The molecular weight excluding hydrogens is 252 g/mol. The van der Waals surface area contributed by atoms with Crippen molar-refractivity contribution in [2.24, 2.45) is 5.73 Å². The summed E-state index contributed by atoms with van der Waals surface area (Å²) in [4.78, 5) is 13.9. The number of ether oxygens (including phenoxy) is 1. The van der Waals surface area contributed by atoms with E-state index in [1.807, 2.05) is 23.1 Å². The maximum Gasteiger partial charge on any atom is 0.265 e. The van der Waals surface area contributed by atoms with Crippen molar-refractivity contribution in [1.29, 1.82) is 0 Å². The number of amides is 1. The highest BCUT2D eigenvalue weighted by molar-refractivity contribution is 5.97. The van der Waals surface area contributed by atoms with Crippen molar-refractivity contribution in [3.63, 3.8) is 0 Å². The molecule has 1 aromatic rings. The summed E-state index contributed by atoms with van der Waals surface area (Å²) in [5.41, 5.74) is 8.02. The number of hydrogen-bond acceptors (Lipinski definition) is 3. The first-order chi connectivity index (χ1) is 9.67. The quantitative estimate of drug-likeness (QED) is 0.813. The Morgan fingerprint density at radius 1 is 1.35 bits per heavy atom. The maximum absolute atomic E-state index is 12.1. The molecule has 1 heterocycles. The Bertz CT molecular complexity index is 474. The fourth-order valence-electron chi connectivity index (χ4n) is 2.45. The molecule has 0 saturated carbocycles. The molecule has 0 radical (unpaired) electrons. The molecule has 1 aromatic carbocycles. The second-order valence-corrected chi connectivity index (χ2v) is 5.28. The minimum absolute atomic E-state index is 0.00909. The summed E-state index contributed by atoms with van der Waals surface area (Å²) in [6.07, 6.45) is 4.18. The molecule has 1 aliphatic rings. The van der Waals surface area contributed by atoms with Gasteiger partial charge in [0.1, 0.15) is 5.75 Å². The van der Waals surface area contributed by atoms with Crippen molar-refractivity contribution in [2.75, 3.05) is 18.1 Å². The van der Waals surface area contributed by atoms with Gasteiger partial charge in [0.15, 0.2) is 6.61 Å². The van der Waals surface area contributed by atoms with Crippen LogP contribution in [0.2, 0.25) is 0 Å². The Kier molecular flexibility index (Phi) is 5.01. The Morgan fingerprint density at radius 3 is 2.85 bits per heavy atom. The van der Waals surface area contributed by atoms with Crippen molar-refractivity contribution in [1.82, 2.24) is 0 Å². The number of rotatable bonds is 6. The van der Waals surface area contributed by atoms with Crippen molar-refractivity contribution < 1.29 is 9.53 Å². The number of nitrogens with zero attached hydrogens (tertiary/aromatic N) is 1. The molecule has 20 heavy (non-hydrogen) atoms. The van der Waals surface area contributed by atoms with Crippen LogP contribution in [0.5, 0.6) is 5.75 Å². The minimum Gasteiger partial charge on any atom is -0.482 e. The summed E-state index contributed by atoms with van der Waals surface area (Å²) in [7, 11) is 0. The highest BCUT2D eigenvalue weighted by Crippen LogP contribution is 2.34. The summed E-state index contributed by atoms with van der Waals surface area (Å²) in [5.74, 6) is 0.823. The van der Waals surface area contributed by atoms with E-state index in [-0.39, 0.29) is 18.6 Å². The standard InChI is InChI=1S/C16H24N2O2/c1-3-5-6-9-18-14-10-12(13(17)4-2)7-8-15(14)20-11-16(18)19/h7-8,10,13H,3-6,9,11,17H2,1-2H3. The maximum atomic E-state index is 12.1. The molecule has 0 fully saturated rings. The first-order valence-corrected chi connectivity index (χ1v) is 7.50. The predicted octanol–water partition coefficient (Wildman–Crippen LogP) is 3.01.